The van der Waals surface area contributed by atoms with Crippen LogP contribution in [-0.4, -0.2) is 32.2 Å². The minimum Gasteiger partial charge on any atom is -0.375 e. The number of nitrogens with one attached hydrogen (secondary N) is 3. The fourth-order valence-electron chi connectivity index (χ4n) is 2.46. The fraction of sp³-hybridized carbons (Fsp3) is 0.412. The number of hydrogen-bond donors (Lipinski definition) is 3. The molecule has 23 heavy (non-hydrogen) atoms. The maximum Gasteiger partial charge on any atom is 0.319 e. The van der Waals surface area contributed by atoms with Crippen LogP contribution in [0.4, 0.5) is 16.2 Å². The summed E-state index contributed by atoms with van der Waals surface area (Å²) in [6.07, 6.45) is 7.55. The number of urea groups is 1. The van der Waals surface area contributed by atoms with Crippen molar-refractivity contribution < 1.29 is 14.3 Å². The maximum atomic E-state index is 11.9. The Bertz CT molecular complexity index is 572. The van der Waals surface area contributed by atoms with Crippen LogP contribution >= 0.6 is 0 Å². The first-order valence-electron chi connectivity index (χ1n) is 7.76. The molecule has 2 rings (SSSR count). The van der Waals surface area contributed by atoms with Crippen LogP contribution in [-0.2, 0) is 9.53 Å². The molecule has 1 atom stereocenters. The third-order valence-corrected chi connectivity index (χ3v) is 3.61. The minimum atomic E-state index is -0.237. The molecule has 0 fully saturated rings. The summed E-state index contributed by atoms with van der Waals surface area (Å²) < 4.78 is 4.76. The number of carbonyl (C=O) groups is 2. The standard InChI is InChI=1S/C17H23N3O3/c1-23-12-16(21)19-14-8-5-9-15(10-14)20-17(22)18-11-13-6-3-2-4-7-13/h2-3,5,8-10,13H,4,6-7,11-12H2,1H3,(H,19,21)(H2,18,20,22)/t13-/m0/s1. The molecule has 0 saturated carbocycles. The van der Waals surface area contributed by atoms with Crippen LogP contribution in [0.25, 0.3) is 0 Å². The van der Waals surface area contributed by atoms with Gasteiger partial charge in [-0.3, -0.25) is 4.79 Å². The van der Waals surface area contributed by atoms with Gasteiger partial charge in [-0.2, -0.15) is 0 Å². The summed E-state index contributed by atoms with van der Waals surface area (Å²) in [5, 5.41) is 8.36. The third-order valence-electron chi connectivity index (χ3n) is 3.61. The van der Waals surface area contributed by atoms with E-state index in [4.69, 9.17) is 4.74 Å². The molecule has 124 valence electrons. The Morgan fingerprint density at radius 1 is 1.22 bits per heavy atom. The lowest BCUT2D eigenvalue weighted by atomic mass is 9.94. The van der Waals surface area contributed by atoms with Crippen LogP contribution in [0.1, 0.15) is 19.3 Å². The van der Waals surface area contributed by atoms with E-state index >= 15 is 0 Å². The molecule has 0 radical (unpaired) electrons. The molecular formula is C17H23N3O3. The Labute approximate surface area is 136 Å². The van der Waals surface area contributed by atoms with Crippen LogP contribution < -0.4 is 16.0 Å². The van der Waals surface area contributed by atoms with Gasteiger partial charge in [-0.05, 0) is 43.4 Å². The lowest BCUT2D eigenvalue weighted by Crippen LogP contribution is -2.33. The molecule has 6 nitrogen and oxygen atoms in total. The summed E-state index contributed by atoms with van der Waals surface area (Å²) in [5.41, 5.74) is 1.24. The number of allylic oxidation sites excluding steroid dienone is 2. The number of methoxy groups -OCH3 is 1. The topological polar surface area (TPSA) is 79.5 Å². The van der Waals surface area contributed by atoms with Gasteiger partial charge in [0.05, 0.1) is 0 Å². The summed E-state index contributed by atoms with van der Waals surface area (Å²) in [6.45, 7) is 0.661. The Balaban J connectivity index is 1.80. The quantitative estimate of drug-likeness (QED) is 0.706. The van der Waals surface area contributed by atoms with Crippen molar-refractivity contribution in [1.29, 1.82) is 0 Å². The fourth-order valence-corrected chi connectivity index (χ4v) is 2.46. The zero-order valence-corrected chi connectivity index (χ0v) is 13.3. The first-order chi connectivity index (χ1) is 11.2. The van der Waals surface area contributed by atoms with Crippen LogP contribution in [0, 0.1) is 5.92 Å². The van der Waals surface area contributed by atoms with Crippen LogP contribution in [0.5, 0.6) is 0 Å². The largest absolute Gasteiger partial charge is 0.375 e. The highest BCUT2D eigenvalue weighted by Crippen LogP contribution is 2.17. The Morgan fingerprint density at radius 2 is 2.00 bits per heavy atom. The van der Waals surface area contributed by atoms with E-state index in [0.717, 1.165) is 19.3 Å². The van der Waals surface area contributed by atoms with Gasteiger partial charge in [0.1, 0.15) is 6.61 Å². The SMILES string of the molecule is COCC(=O)Nc1cccc(NC(=O)NC[C@H]2CC=CCC2)c1. The highest BCUT2D eigenvalue weighted by atomic mass is 16.5. The smallest absolute Gasteiger partial charge is 0.319 e. The molecule has 0 unspecified atom stereocenters. The molecule has 3 amide bonds. The highest BCUT2D eigenvalue weighted by Gasteiger charge is 2.11. The molecule has 1 aliphatic carbocycles. The first-order valence-corrected chi connectivity index (χ1v) is 7.76. The van der Waals surface area contributed by atoms with E-state index in [-0.39, 0.29) is 18.5 Å². The van der Waals surface area contributed by atoms with Gasteiger partial charge in [-0.1, -0.05) is 18.2 Å². The summed E-state index contributed by atoms with van der Waals surface area (Å²) in [5.74, 6) is 0.268. The molecule has 1 aromatic rings. The normalized spacial score (nSPS) is 16.7. The van der Waals surface area contributed by atoms with Crippen molar-refractivity contribution in [3.63, 3.8) is 0 Å². The van der Waals surface area contributed by atoms with Crippen molar-refractivity contribution in [2.75, 3.05) is 30.9 Å². The summed E-state index contributed by atoms with van der Waals surface area (Å²) in [6, 6.07) is 6.76. The van der Waals surface area contributed by atoms with E-state index in [2.05, 4.69) is 28.1 Å². The molecular weight excluding hydrogens is 294 g/mol. The van der Waals surface area contributed by atoms with Crippen molar-refractivity contribution in [1.82, 2.24) is 5.32 Å². The number of carbonyl (C=O) groups excluding carboxylic acids is 2. The van der Waals surface area contributed by atoms with Gasteiger partial charge >= 0.3 is 6.03 Å². The van der Waals surface area contributed by atoms with Crippen LogP contribution in [0.2, 0.25) is 0 Å². The lowest BCUT2D eigenvalue weighted by molar-refractivity contribution is -0.119. The van der Waals surface area contributed by atoms with Gasteiger partial charge < -0.3 is 20.7 Å². The number of rotatable bonds is 6. The van der Waals surface area contributed by atoms with Crippen LogP contribution in [0.15, 0.2) is 36.4 Å². The minimum absolute atomic E-state index is 0.00598. The Kier molecular flexibility index (Phi) is 6.62. The van der Waals surface area contributed by atoms with Crippen LogP contribution in [0.3, 0.4) is 0 Å². The zero-order valence-electron chi connectivity index (χ0n) is 13.3. The average Bonchev–Trinajstić information content (AvgIpc) is 2.54. The van der Waals surface area contributed by atoms with Gasteiger partial charge in [-0.15, -0.1) is 0 Å². The zero-order chi connectivity index (χ0) is 16.5. The molecule has 1 aliphatic rings. The molecule has 6 heteroatoms. The Morgan fingerprint density at radius 3 is 2.70 bits per heavy atom. The predicted octanol–water partition coefficient (Wildman–Crippen LogP) is 2.75. The summed E-state index contributed by atoms with van der Waals surface area (Å²) >= 11 is 0. The van der Waals surface area contributed by atoms with E-state index in [0.29, 0.717) is 23.8 Å². The van der Waals surface area contributed by atoms with Gasteiger partial charge in [-0.25, -0.2) is 4.79 Å². The number of ether oxygens (including phenoxy) is 1. The molecule has 0 spiro atoms. The number of anilines is 2. The second kappa shape index (κ2) is 8.95. The molecule has 0 aliphatic heterocycles. The monoisotopic (exact) mass is 317 g/mol. The molecule has 0 saturated heterocycles. The lowest BCUT2D eigenvalue weighted by Gasteiger charge is -2.18. The number of benzene rings is 1. The predicted molar refractivity (Wildman–Crippen MR) is 90.5 cm³/mol. The molecule has 0 aromatic heterocycles. The van der Waals surface area contributed by atoms with Crippen molar-refractivity contribution >= 4 is 23.3 Å². The summed E-state index contributed by atoms with van der Waals surface area (Å²) in [4.78, 5) is 23.4. The second-order valence-electron chi connectivity index (χ2n) is 5.55. The summed E-state index contributed by atoms with van der Waals surface area (Å²) in [7, 11) is 1.46. The van der Waals surface area contributed by atoms with Crippen molar-refractivity contribution in [3.8, 4) is 0 Å². The maximum absolute atomic E-state index is 11.9. The van der Waals surface area contributed by atoms with E-state index in [1.54, 1.807) is 24.3 Å². The number of hydrogen-bond acceptors (Lipinski definition) is 3. The van der Waals surface area contributed by atoms with E-state index in [1.165, 1.54) is 7.11 Å². The second-order valence-corrected chi connectivity index (χ2v) is 5.55. The van der Waals surface area contributed by atoms with Crippen molar-refractivity contribution in [2.45, 2.75) is 19.3 Å². The molecule has 0 bridgehead atoms. The molecule has 3 N–H and O–H groups in total. The van der Waals surface area contributed by atoms with E-state index in [1.807, 2.05) is 0 Å². The van der Waals surface area contributed by atoms with Crippen molar-refractivity contribution in [2.24, 2.45) is 5.92 Å². The molecule has 0 heterocycles. The highest BCUT2D eigenvalue weighted by molar-refractivity contribution is 5.94. The van der Waals surface area contributed by atoms with Gasteiger partial charge in [0.15, 0.2) is 0 Å². The number of amides is 3. The van der Waals surface area contributed by atoms with Gasteiger partial charge in [0, 0.05) is 25.0 Å². The Hall–Kier alpha value is -2.34. The average molecular weight is 317 g/mol. The third kappa shape index (κ3) is 6.12. The molecule has 1 aromatic carbocycles. The first kappa shape index (κ1) is 17.0. The van der Waals surface area contributed by atoms with E-state index < -0.39 is 0 Å². The van der Waals surface area contributed by atoms with Gasteiger partial charge in [0.2, 0.25) is 5.91 Å². The van der Waals surface area contributed by atoms with E-state index in [9.17, 15) is 9.59 Å². The van der Waals surface area contributed by atoms with Gasteiger partial charge in [0.25, 0.3) is 0 Å². The van der Waals surface area contributed by atoms with Crippen molar-refractivity contribution in [3.05, 3.63) is 36.4 Å².